The highest BCUT2D eigenvalue weighted by Gasteiger charge is 2.31. The maximum absolute atomic E-state index is 13.1. The maximum Gasteiger partial charge on any atom is 0.223 e. The molecule has 6 heteroatoms. The molecule has 0 radical (unpaired) electrons. The molecule has 1 aliphatic heterocycles. The Morgan fingerprint density at radius 3 is 2.81 bits per heavy atom. The Balaban J connectivity index is 1.56. The normalized spacial score (nSPS) is 16.5. The highest BCUT2D eigenvalue weighted by atomic mass is 16.5. The van der Waals surface area contributed by atoms with Crippen LogP contribution in [0.5, 0.6) is 0 Å². The van der Waals surface area contributed by atoms with E-state index in [0.717, 1.165) is 35.0 Å². The lowest BCUT2D eigenvalue weighted by Gasteiger charge is -2.36. The minimum absolute atomic E-state index is 0.0232. The zero-order valence-electron chi connectivity index (χ0n) is 15.1. The Morgan fingerprint density at radius 1 is 1.27 bits per heavy atom. The second kappa shape index (κ2) is 6.78. The average Bonchev–Trinajstić information content (AvgIpc) is 3.25. The van der Waals surface area contributed by atoms with Gasteiger partial charge in [0.1, 0.15) is 11.6 Å². The number of aromatic nitrogens is 3. The van der Waals surface area contributed by atoms with Crippen molar-refractivity contribution in [3.63, 3.8) is 0 Å². The number of carbonyl (C=O) groups excluding carboxylic acids is 1. The number of fused-ring (bicyclic) bond motifs is 1. The minimum atomic E-state index is 0.0232. The molecule has 0 spiro atoms. The summed E-state index contributed by atoms with van der Waals surface area (Å²) in [5.74, 6) is 1.86. The molecule has 1 aromatic carbocycles. The van der Waals surface area contributed by atoms with Gasteiger partial charge >= 0.3 is 0 Å². The zero-order chi connectivity index (χ0) is 18.1. The lowest BCUT2D eigenvalue weighted by molar-refractivity contribution is -0.135. The van der Waals surface area contributed by atoms with Gasteiger partial charge in [0.25, 0.3) is 0 Å². The number of carbonyl (C=O) groups is 1. The summed E-state index contributed by atoms with van der Waals surface area (Å²) in [5.41, 5.74) is 3.05. The molecule has 2 aromatic heterocycles. The van der Waals surface area contributed by atoms with E-state index in [1.54, 1.807) is 6.20 Å². The molecule has 4 rings (SSSR count). The van der Waals surface area contributed by atoms with Crippen molar-refractivity contribution in [2.75, 3.05) is 0 Å². The highest BCUT2D eigenvalue weighted by Crippen LogP contribution is 2.30. The van der Waals surface area contributed by atoms with Crippen LogP contribution in [-0.2, 0) is 24.3 Å². The fourth-order valence-electron chi connectivity index (χ4n) is 3.66. The van der Waals surface area contributed by atoms with Gasteiger partial charge in [-0.25, -0.2) is 4.98 Å². The number of rotatable bonds is 4. The number of benzene rings is 1. The molecule has 1 atom stereocenters. The number of aryl methyl sites for hydroxylation is 2. The number of nitrogens with zero attached hydrogens (tertiary/aromatic N) is 4. The fourth-order valence-corrected chi connectivity index (χ4v) is 3.66. The maximum atomic E-state index is 13.1. The molecule has 3 aromatic rings. The highest BCUT2D eigenvalue weighted by molar-refractivity contribution is 5.77. The molecule has 3 heterocycles. The van der Waals surface area contributed by atoms with Gasteiger partial charge in [-0.3, -0.25) is 4.79 Å². The SMILES string of the molecule is Cc1noc(C)c1CCC(=O)N1Cc2nccn2C[C@@H]1c1ccccc1. The third-order valence-corrected chi connectivity index (χ3v) is 5.13. The van der Waals surface area contributed by atoms with Crippen molar-refractivity contribution < 1.29 is 9.32 Å². The van der Waals surface area contributed by atoms with E-state index in [4.69, 9.17) is 4.52 Å². The van der Waals surface area contributed by atoms with Crippen molar-refractivity contribution in [1.29, 1.82) is 0 Å². The minimum Gasteiger partial charge on any atom is -0.361 e. The molecule has 1 aliphatic rings. The van der Waals surface area contributed by atoms with Crippen LogP contribution < -0.4 is 0 Å². The predicted octanol–water partition coefficient (Wildman–Crippen LogP) is 3.20. The first-order valence-corrected chi connectivity index (χ1v) is 8.89. The van der Waals surface area contributed by atoms with Crippen LogP contribution in [0.3, 0.4) is 0 Å². The zero-order valence-corrected chi connectivity index (χ0v) is 15.1. The molecule has 0 aliphatic carbocycles. The summed E-state index contributed by atoms with van der Waals surface area (Å²) in [5, 5.41) is 3.98. The summed E-state index contributed by atoms with van der Waals surface area (Å²) < 4.78 is 7.35. The summed E-state index contributed by atoms with van der Waals surface area (Å²) in [4.78, 5) is 19.4. The van der Waals surface area contributed by atoms with Crippen LogP contribution >= 0.6 is 0 Å². The first-order valence-electron chi connectivity index (χ1n) is 8.89. The van der Waals surface area contributed by atoms with Crippen LogP contribution in [0.15, 0.2) is 47.2 Å². The summed E-state index contributed by atoms with van der Waals surface area (Å²) in [6, 6.07) is 10.2. The van der Waals surface area contributed by atoms with Crippen molar-refractivity contribution in [3.05, 3.63) is 71.1 Å². The first kappa shape index (κ1) is 16.6. The van der Waals surface area contributed by atoms with Crippen molar-refractivity contribution in [1.82, 2.24) is 19.6 Å². The molecule has 0 bridgehead atoms. The van der Waals surface area contributed by atoms with Crippen LogP contribution in [0, 0.1) is 13.8 Å². The first-order chi connectivity index (χ1) is 12.6. The number of hydrogen-bond donors (Lipinski definition) is 0. The summed E-state index contributed by atoms with van der Waals surface area (Å²) in [7, 11) is 0. The molecule has 0 saturated heterocycles. The Kier molecular flexibility index (Phi) is 4.32. The molecule has 6 nitrogen and oxygen atoms in total. The van der Waals surface area contributed by atoms with Crippen LogP contribution in [-0.4, -0.2) is 25.5 Å². The predicted molar refractivity (Wildman–Crippen MR) is 96.3 cm³/mol. The van der Waals surface area contributed by atoms with Gasteiger partial charge in [0.15, 0.2) is 0 Å². The third-order valence-electron chi connectivity index (χ3n) is 5.13. The Hall–Kier alpha value is -2.89. The van der Waals surface area contributed by atoms with Gasteiger partial charge in [0, 0.05) is 30.9 Å². The van der Waals surface area contributed by atoms with E-state index in [9.17, 15) is 4.79 Å². The summed E-state index contributed by atoms with van der Waals surface area (Å²) in [6.45, 7) is 5.08. The van der Waals surface area contributed by atoms with Crippen molar-refractivity contribution in [2.45, 2.75) is 45.8 Å². The molecule has 0 fully saturated rings. The third kappa shape index (κ3) is 3.03. The Bertz CT molecular complexity index is 894. The van der Waals surface area contributed by atoms with Gasteiger partial charge in [-0.1, -0.05) is 35.5 Å². The largest absolute Gasteiger partial charge is 0.361 e. The smallest absolute Gasteiger partial charge is 0.223 e. The Morgan fingerprint density at radius 2 is 2.08 bits per heavy atom. The molecular weight excluding hydrogens is 328 g/mol. The van der Waals surface area contributed by atoms with E-state index in [0.29, 0.717) is 19.4 Å². The van der Waals surface area contributed by atoms with E-state index in [-0.39, 0.29) is 11.9 Å². The van der Waals surface area contributed by atoms with E-state index in [2.05, 4.69) is 26.8 Å². The van der Waals surface area contributed by atoms with E-state index < -0.39 is 0 Å². The van der Waals surface area contributed by atoms with Crippen LogP contribution in [0.2, 0.25) is 0 Å². The molecule has 134 valence electrons. The van der Waals surface area contributed by atoms with Crippen molar-refractivity contribution >= 4 is 5.91 Å². The van der Waals surface area contributed by atoms with Gasteiger partial charge in [0.05, 0.1) is 18.3 Å². The van der Waals surface area contributed by atoms with Gasteiger partial charge in [-0.15, -0.1) is 0 Å². The second-order valence-corrected chi connectivity index (χ2v) is 6.75. The van der Waals surface area contributed by atoms with Crippen molar-refractivity contribution in [2.24, 2.45) is 0 Å². The van der Waals surface area contributed by atoms with Gasteiger partial charge in [-0.2, -0.15) is 0 Å². The van der Waals surface area contributed by atoms with E-state index in [1.807, 2.05) is 43.1 Å². The molecule has 26 heavy (non-hydrogen) atoms. The fraction of sp³-hybridized carbons (Fsp3) is 0.350. The number of hydrogen-bond acceptors (Lipinski definition) is 4. The molecule has 0 N–H and O–H groups in total. The summed E-state index contributed by atoms with van der Waals surface area (Å²) >= 11 is 0. The quantitative estimate of drug-likeness (QED) is 0.725. The summed E-state index contributed by atoms with van der Waals surface area (Å²) in [6.07, 6.45) is 4.87. The lowest BCUT2D eigenvalue weighted by Crippen LogP contribution is -2.41. The lowest BCUT2D eigenvalue weighted by atomic mass is 10.0. The Labute approximate surface area is 152 Å². The van der Waals surface area contributed by atoms with Crippen LogP contribution in [0.25, 0.3) is 0 Å². The molecule has 0 saturated carbocycles. The number of imidazole rings is 1. The van der Waals surface area contributed by atoms with Crippen molar-refractivity contribution in [3.8, 4) is 0 Å². The molecule has 1 amide bonds. The average molecular weight is 350 g/mol. The topological polar surface area (TPSA) is 64.2 Å². The molecular formula is C20H22N4O2. The van der Waals surface area contributed by atoms with Gasteiger partial charge in [-0.05, 0) is 25.8 Å². The van der Waals surface area contributed by atoms with E-state index >= 15 is 0 Å². The molecule has 0 unspecified atom stereocenters. The van der Waals surface area contributed by atoms with Crippen LogP contribution in [0.1, 0.15) is 40.9 Å². The van der Waals surface area contributed by atoms with Gasteiger partial charge in [0.2, 0.25) is 5.91 Å². The standard InChI is InChI=1S/C20H22N4O2/c1-14-17(15(2)26-22-14)8-9-20(25)24-13-19-21-10-11-23(19)12-18(24)16-6-4-3-5-7-16/h3-7,10-11,18H,8-9,12-13H2,1-2H3/t18-/m1/s1. The number of amides is 1. The monoisotopic (exact) mass is 350 g/mol. The van der Waals surface area contributed by atoms with Gasteiger partial charge < -0.3 is 14.0 Å². The van der Waals surface area contributed by atoms with Crippen LogP contribution in [0.4, 0.5) is 0 Å². The van der Waals surface area contributed by atoms with E-state index in [1.165, 1.54) is 0 Å². The second-order valence-electron chi connectivity index (χ2n) is 6.75.